The summed E-state index contributed by atoms with van der Waals surface area (Å²) in [4.78, 5) is 18.6. The summed E-state index contributed by atoms with van der Waals surface area (Å²) in [6.45, 7) is 4.51. The summed E-state index contributed by atoms with van der Waals surface area (Å²) in [5, 5.41) is 4.11. The Morgan fingerprint density at radius 2 is 2.00 bits per heavy atom. The maximum atomic E-state index is 12.3. The Morgan fingerprint density at radius 1 is 1.27 bits per heavy atom. The highest BCUT2D eigenvalue weighted by atomic mass is 32.1. The smallest absolute Gasteiger partial charge is 0.253 e. The van der Waals surface area contributed by atoms with E-state index in [1.807, 2.05) is 36.1 Å². The van der Waals surface area contributed by atoms with Crippen molar-refractivity contribution in [3.63, 3.8) is 0 Å². The lowest BCUT2D eigenvalue weighted by Crippen LogP contribution is -2.27. The number of likely N-dealkylation sites (tertiary alicyclic amines) is 1. The molecule has 6 heteroatoms. The first-order valence-electron chi connectivity index (χ1n) is 7.71. The first kappa shape index (κ1) is 15.0. The van der Waals surface area contributed by atoms with Gasteiger partial charge in [0, 0.05) is 43.2 Å². The number of aromatic nitrogens is 2. The highest BCUT2D eigenvalue weighted by Gasteiger charge is 2.19. The minimum atomic E-state index is 0.147. The number of carbonyl (C=O) groups is 1. The lowest BCUT2D eigenvalue weighted by atomic mass is 10.1. The molecule has 0 bridgehead atoms. The van der Waals surface area contributed by atoms with Crippen LogP contribution < -0.4 is 5.32 Å². The number of aryl methyl sites for hydroxylation is 1. The molecule has 1 aliphatic rings. The number of nitrogens with one attached hydrogen (secondary N) is 1. The van der Waals surface area contributed by atoms with Crippen molar-refractivity contribution in [2.45, 2.75) is 32.7 Å². The second-order valence-electron chi connectivity index (χ2n) is 5.42. The molecule has 0 aliphatic carbocycles. The van der Waals surface area contributed by atoms with E-state index in [4.69, 9.17) is 0 Å². The molecule has 1 fully saturated rings. The topological polar surface area (TPSA) is 58.1 Å². The summed E-state index contributed by atoms with van der Waals surface area (Å²) < 4.78 is 4.25. The largest absolute Gasteiger partial charge is 0.356 e. The van der Waals surface area contributed by atoms with Gasteiger partial charge in [0.25, 0.3) is 5.91 Å². The Hall–Kier alpha value is -1.95. The minimum absolute atomic E-state index is 0.147. The molecule has 1 aromatic carbocycles. The van der Waals surface area contributed by atoms with E-state index < -0.39 is 0 Å². The van der Waals surface area contributed by atoms with Gasteiger partial charge in [0.2, 0.25) is 5.13 Å². The second-order valence-corrected chi connectivity index (χ2v) is 6.17. The van der Waals surface area contributed by atoms with Gasteiger partial charge in [-0.25, -0.2) is 4.98 Å². The molecule has 1 aromatic heterocycles. The van der Waals surface area contributed by atoms with Crippen molar-refractivity contribution in [2.24, 2.45) is 0 Å². The molecule has 22 heavy (non-hydrogen) atoms. The third-order valence-electron chi connectivity index (χ3n) is 3.82. The van der Waals surface area contributed by atoms with Crippen molar-refractivity contribution in [1.82, 2.24) is 14.3 Å². The quantitative estimate of drug-likeness (QED) is 0.921. The fraction of sp³-hybridized carbons (Fsp3) is 0.438. The third-order valence-corrected chi connectivity index (χ3v) is 4.53. The molecule has 116 valence electrons. The van der Waals surface area contributed by atoms with E-state index in [-0.39, 0.29) is 5.91 Å². The predicted octanol–water partition coefficient (Wildman–Crippen LogP) is 2.95. The van der Waals surface area contributed by atoms with E-state index in [2.05, 4.69) is 14.7 Å². The van der Waals surface area contributed by atoms with E-state index in [9.17, 15) is 4.79 Å². The molecule has 1 N–H and O–H groups in total. The van der Waals surface area contributed by atoms with Crippen molar-refractivity contribution < 1.29 is 4.79 Å². The molecule has 3 rings (SSSR count). The molecular weight excluding hydrogens is 296 g/mol. The number of carbonyl (C=O) groups excluding carboxylic acids is 1. The molecule has 0 radical (unpaired) electrons. The van der Waals surface area contributed by atoms with E-state index in [0.717, 1.165) is 54.4 Å². The normalized spacial score (nSPS) is 14.3. The van der Waals surface area contributed by atoms with Gasteiger partial charge in [-0.3, -0.25) is 4.79 Å². The SMILES string of the molecule is CCc1nsc(NCc2ccc(C(=O)N3CCCC3)cc2)n1. The lowest BCUT2D eigenvalue weighted by molar-refractivity contribution is 0.0793. The molecular formula is C16H20N4OS. The number of hydrogen-bond donors (Lipinski definition) is 1. The Labute approximate surface area is 134 Å². The van der Waals surface area contributed by atoms with Gasteiger partial charge in [-0.2, -0.15) is 4.37 Å². The molecule has 0 unspecified atom stereocenters. The van der Waals surface area contributed by atoms with Crippen molar-refractivity contribution in [3.05, 3.63) is 41.2 Å². The van der Waals surface area contributed by atoms with Crippen LogP contribution in [0.4, 0.5) is 5.13 Å². The van der Waals surface area contributed by atoms with E-state index >= 15 is 0 Å². The molecule has 0 saturated carbocycles. The van der Waals surface area contributed by atoms with Crippen molar-refractivity contribution in [1.29, 1.82) is 0 Å². The Bertz CT molecular complexity index is 632. The Balaban J connectivity index is 1.57. The fourth-order valence-corrected chi connectivity index (χ4v) is 3.16. The third kappa shape index (κ3) is 3.44. The summed E-state index contributed by atoms with van der Waals surface area (Å²) in [7, 11) is 0. The molecule has 0 atom stereocenters. The number of benzene rings is 1. The van der Waals surface area contributed by atoms with Crippen LogP contribution >= 0.6 is 11.5 Å². The van der Waals surface area contributed by atoms with Gasteiger partial charge in [-0.1, -0.05) is 19.1 Å². The van der Waals surface area contributed by atoms with E-state index in [1.165, 1.54) is 11.5 Å². The van der Waals surface area contributed by atoms with Crippen molar-refractivity contribution in [3.8, 4) is 0 Å². The first-order valence-corrected chi connectivity index (χ1v) is 8.48. The number of rotatable bonds is 5. The van der Waals surface area contributed by atoms with Gasteiger partial charge in [-0.15, -0.1) is 0 Å². The molecule has 1 amide bonds. The monoisotopic (exact) mass is 316 g/mol. The van der Waals surface area contributed by atoms with E-state index in [1.54, 1.807) is 0 Å². The highest BCUT2D eigenvalue weighted by molar-refractivity contribution is 7.09. The fourth-order valence-electron chi connectivity index (χ4n) is 2.52. The van der Waals surface area contributed by atoms with Crippen molar-refractivity contribution >= 4 is 22.6 Å². The van der Waals surface area contributed by atoms with Gasteiger partial charge in [-0.05, 0) is 30.5 Å². The van der Waals surface area contributed by atoms with Gasteiger partial charge >= 0.3 is 0 Å². The van der Waals surface area contributed by atoms with Crippen LogP contribution in [0.3, 0.4) is 0 Å². The molecule has 5 nitrogen and oxygen atoms in total. The van der Waals surface area contributed by atoms with Gasteiger partial charge < -0.3 is 10.2 Å². The van der Waals surface area contributed by atoms with Crippen LogP contribution in [0.2, 0.25) is 0 Å². The van der Waals surface area contributed by atoms with Crippen LogP contribution in [0, 0.1) is 0 Å². The van der Waals surface area contributed by atoms with Crippen LogP contribution in [0.15, 0.2) is 24.3 Å². The van der Waals surface area contributed by atoms with Crippen LogP contribution in [0.1, 0.15) is 41.5 Å². The van der Waals surface area contributed by atoms with Gasteiger partial charge in [0.1, 0.15) is 5.82 Å². The summed E-state index contributed by atoms with van der Waals surface area (Å²) >= 11 is 1.39. The molecule has 2 aromatic rings. The predicted molar refractivity (Wildman–Crippen MR) is 88.2 cm³/mol. The zero-order valence-corrected chi connectivity index (χ0v) is 13.5. The number of nitrogens with zero attached hydrogens (tertiary/aromatic N) is 3. The number of amides is 1. The van der Waals surface area contributed by atoms with E-state index in [0.29, 0.717) is 6.54 Å². The van der Waals surface area contributed by atoms with Crippen LogP contribution in [0.25, 0.3) is 0 Å². The Kier molecular flexibility index (Phi) is 4.68. The molecule has 1 aliphatic heterocycles. The average molecular weight is 316 g/mol. The van der Waals surface area contributed by atoms with Crippen LogP contribution in [0.5, 0.6) is 0 Å². The Morgan fingerprint density at radius 3 is 2.64 bits per heavy atom. The minimum Gasteiger partial charge on any atom is -0.356 e. The summed E-state index contributed by atoms with van der Waals surface area (Å²) in [5.41, 5.74) is 1.90. The van der Waals surface area contributed by atoms with Crippen molar-refractivity contribution in [2.75, 3.05) is 18.4 Å². The maximum absolute atomic E-state index is 12.3. The molecule has 2 heterocycles. The van der Waals surface area contributed by atoms with Gasteiger partial charge in [0.05, 0.1) is 0 Å². The molecule has 1 saturated heterocycles. The highest BCUT2D eigenvalue weighted by Crippen LogP contribution is 2.15. The van der Waals surface area contributed by atoms with Gasteiger partial charge in [0.15, 0.2) is 0 Å². The standard InChI is InChI=1S/C16H20N4OS/c1-2-14-18-16(22-19-14)17-11-12-5-7-13(8-6-12)15(21)20-9-3-4-10-20/h5-8H,2-4,9-11H2,1H3,(H,17,18,19). The second kappa shape index (κ2) is 6.87. The first-order chi connectivity index (χ1) is 10.8. The summed E-state index contributed by atoms with van der Waals surface area (Å²) in [6.07, 6.45) is 3.09. The zero-order chi connectivity index (χ0) is 15.4. The summed E-state index contributed by atoms with van der Waals surface area (Å²) in [6, 6.07) is 7.82. The molecule has 0 spiro atoms. The number of anilines is 1. The zero-order valence-electron chi connectivity index (χ0n) is 12.7. The summed E-state index contributed by atoms with van der Waals surface area (Å²) in [5.74, 6) is 1.02. The maximum Gasteiger partial charge on any atom is 0.253 e. The number of hydrogen-bond acceptors (Lipinski definition) is 5. The average Bonchev–Trinajstić information content (AvgIpc) is 3.24. The lowest BCUT2D eigenvalue weighted by Gasteiger charge is -2.15. The van der Waals surface area contributed by atoms with Crippen LogP contribution in [-0.2, 0) is 13.0 Å². The van der Waals surface area contributed by atoms with Crippen LogP contribution in [-0.4, -0.2) is 33.3 Å².